The van der Waals surface area contributed by atoms with Gasteiger partial charge in [-0.05, 0) is 42.3 Å². The minimum absolute atomic E-state index is 0.185. The highest BCUT2D eigenvalue weighted by atomic mass is 16.5. The average Bonchev–Trinajstić information content (AvgIpc) is 3.67. The number of fused-ring (bicyclic) bond motifs is 2. The largest absolute Gasteiger partial charge is 0.379 e. The van der Waals surface area contributed by atoms with Crippen molar-refractivity contribution in [2.45, 2.75) is 38.5 Å². The van der Waals surface area contributed by atoms with E-state index < -0.39 is 11.9 Å². The van der Waals surface area contributed by atoms with Gasteiger partial charge in [0.1, 0.15) is 23.9 Å². The Hall–Kier alpha value is -5.03. The van der Waals surface area contributed by atoms with Gasteiger partial charge >= 0.3 is 0 Å². The summed E-state index contributed by atoms with van der Waals surface area (Å²) in [6, 6.07) is 10.6. The molecule has 2 aromatic carbocycles. The zero-order valence-electron chi connectivity index (χ0n) is 25.7. The standard InChI is InChI=1S/C31H36N10O6/c32-18-47-12-11-46-10-9-45-8-7-40-17-23(38-39-40)15-33-21-3-4-26-25(13-21)29(35-19-34-26)36-22-2-1-20-16-41(31(44)24(20)14-22)27-5-6-28(42)37-30(27)43/h1-4,13-14,17,19,27,33H,5-12,15-16,18,32H2,(H,34,35,36)(H,37,42,43). The van der Waals surface area contributed by atoms with Crippen LogP contribution in [0.25, 0.3) is 10.9 Å². The summed E-state index contributed by atoms with van der Waals surface area (Å²) in [6.07, 6.45) is 3.87. The Bertz CT molecular complexity index is 1750. The number of amides is 3. The molecule has 16 heteroatoms. The molecule has 246 valence electrons. The van der Waals surface area contributed by atoms with Crippen LogP contribution in [0.3, 0.4) is 0 Å². The second-order valence-corrected chi connectivity index (χ2v) is 11.0. The van der Waals surface area contributed by atoms with E-state index in [1.807, 2.05) is 36.5 Å². The normalized spacial score (nSPS) is 16.1. The number of nitrogens with one attached hydrogen (secondary N) is 3. The van der Waals surface area contributed by atoms with E-state index in [1.165, 1.54) is 11.2 Å². The highest BCUT2D eigenvalue weighted by Crippen LogP contribution is 2.32. The molecule has 5 N–H and O–H groups in total. The van der Waals surface area contributed by atoms with Crippen molar-refractivity contribution in [2.75, 3.05) is 50.4 Å². The van der Waals surface area contributed by atoms with E-state index in [1.54, 1.807) is 10.7 Å². The second-order valence-electron chi connectivity index (χ2n) is 11.0. The van der Waals surface area contributed by atoms with Crippen LogP contribution in [0.15, 0.2) is 48.9 Å². The highest BCUT2D eigenvalue weighted by Gasteiger charge is 2.39. The predicted octanol–water partition coefficient (Wildman–Crippen LogP) is 1.30. The van der Waals surface area contributed by atoms with Gasteiger partial charge in [0.05, 0.1) is 64.6 Å². The molecule has 1 fully saturated rings. The molecule has 1 unspecified atom stereocenters. The summed E-state index contributed by atoms with van der Waals surface area (Å²) < 4.78 is 17.7. The van der Waals surface area contributed by atoms with Gasteiger partial charge in [-0.25, -0.2) is 14.6 Å². The van der Waals surface area contributed by atoms with E-state index in [4.69, 9.17) is 19.9 Å². The first kappa shape index (κ1) is 31.9. The highest BCUT2D eigenvalue weighted by molar-refractivity contribution is 6.06. The quantitative estimate of drug-likeness (QED) is 0.0773. The van der Waals surface area contributed by atoms with E-state index >= 15 is 0 Å². The van der Waals surface area contributed by atoms with Crippen LogP contribution < -0.4 is 21.7 Å². The summed E-state index contributed by atoms with van der Waals surface area (Å²) in [7, 11) is 0. The summed E-state index contributed by atoms with van der Waals surface area (Å²) in [6.45, 7) is 3.90. The number of ether oxygens (including phenoxy) is 3. The maximum Gasteiger partial charge on any atom is 0.255 e. The Morgan fingerprint density at radius 3 is 2.60 bits per heavy atom. The molecule has 16 nitrogen and oxygen atoms in total. The fraction of sp³-hybridized carbons (Fsp3) is 0.387. The van der Waals surface area contributed by atoms with Crippen LogP contribution in [-0.2, 0) is 43.4 Å². The number of imide groups is 1. The van der Waals surface area contributed by atoms with Gasteiger partial charge in [0.15, 0.2) is 0 Å². The number of anilines is 3. The molecule has 2 aliphatic heterocycles. The zero-order valence-corrected chi connectivity index (χ0v) is 25.7. The fourth-order valence-electron chi connectivity index (χ4n) is 5.44. The van der Waals surface area contributed by atoms with Gasteiger partial charge in [-0.2, -0.15) is 0 Å². The lowest BCUT2D eigenvalue weighted by Crippen LogP contribution is -2.52. The number of piperidine rings is 1. The minimum atomic E-state index is -0.664. The lowest BCUT2D eigenvalue weighted by Gasteiger charge is -2.29. The maximum absolute atomic E-state index is 13.3. The maximum atomic E-state index is 13.3. The van der Waals surface area contributed by atoms with Gasteiger partial charge in [-0.1, -0.05) is 11.3 Å². The van der Waals surface area contributed by atoms with E-state index in [-0.39, 0.29) is 25.0 Å². The number of rotatable bonds is 16. The van der Waals surface area contributed by atoms with Crippen molar-refractivity contribution in [3.63, 3.8) is 0 Å². The van der Waals surface area contributed by atoms with Crippen molar-refractivity contribution in [1.29, 1.82) is 0 Å². The molecule has 0 aliphatic carbocycles. The number of hydrogen-bond acceptors (Lipinski definition) is 13. The van der Waals surface area contributed by atoms with Crippen molar-refractivity contribution >= 4 is 45.8 Å². The molecule has 3 amide bonds. The second kappa shape index (κ2) is 15.0. The van der Waals surface area contributed by atoms with Crippen LogP contribution >= 0.6 is 0 Å². The topological polar surface area (TPSA) is 201 Å². The molecule has 0 spiro atoms. The smallest absolute Gasteiger partial charge is 0.255 e. The fourth-order valence-corrected chi connectivity index (χ4v) is 5.44. The van der Waals surface area contributed by atoms with Gasteiger partial charge < -0.3 is 35.5 Å². The molecule has 2 aromatic heterocycles. The average molecular weight is 645 g/mol. The Balaban J connectivity index is 1.03. The molecule has 0 saturated carbocycles. The molecule has 4 heterocycles. The number of carbonyl (C=O) groups is 3. The third-order valence-electron chi connectivity index (χ3n) is 7.81. The van der Waals surface area contributed by atoms with E-state index in [0.717, 1.165) is 27.8 Å². The van der Waals surface area contributed by atoms with Crippen LogP contribution in [0.1, 0.15) is 34.5 Å². The summed E-state index contributed by atoms with van der Waals surface area (Å²) >= 11 is 0. The zero-order chi connectivity index (χ0) is 32.6. The molecule has 0 radical (unpaired) electrons. The molecule has 4 aromatic rings. The lowest BCUT2D eigenvalue weighted by molar-refractivity contribution is -0.136. The van der Waals surface area contributed by atoms with Crippen LogP contribution in [0.5, 0.6) is 0 Å². The number of hydrogen-bond donors (Lipinski definition) is 4. The Morgan fingerprint density at radius 2 is 1.77 bits per heavy atom. The Labute approximate surface area is 269 Å². The van der Waals surface area contributed by atoms with Crippen molar-refractivity contribution < 1.29 is 28.6 Å². The first-order valence-electron chi connectivity index (χ1n) is 15.3. The van der Waals surface area contributed by atoms with E-state index in [2.05, 4.69) is 36.2 Å². The molecule has 1 atom stereocenters. The van der Waals surface area contributed by atoms with Gasteiger partial charge in [0, 0.05) is 35.3 Å². The first-order chi connectivity index (χ1) is 23.0. The van der Waals surface area contributed by atoms with Crippen LogP contribution in [0.4, 0.5) is 17.2 Å². The molecular weight excluding hydrogens is 608 g/mol. The first-order valence-corrected chi connectivity index (χ1v) is 15.3. The van der Waals surface area contributed by atoms with Crippen molar-refractivity contribution in [1.82, 2.24) is 35.2 Å². The lowest BCUT2D eigenvalue weighted by atomic mass is 10.0. The molecular formula is C31H36N10O6. The van der Waals surface area contributed by atoms with Crippen LogP contribution in [-0.4, -0.2) is 93.4 Å². The Morgan fingerprint density at radius 1 is 0.957 bits per heavy atom. The van der Waals surface area contributed by atoms with Gasteiger partial charge in [0.25, 0.3) is 5.91 Å². The van der Waals surface area contributed by atoms with E-state index in [0.29, 0.717) is 76.2 Å². The number of nitrogens with zero attached hydrogens (tertiary/aromatic N) is 6. The number of aromatic nitrogens is 5. The molecule has 0 bridgehead atoms. The molecule has 6 rings (SSSR count). The van der Waals surface area contributed by atoms with Crippen LogP contribution in [0.2, 0.25) is 0 Å². The predicted molar refractivity (Wildman–Crippen MR) is 169 cm³/mol. The van der Waals surface area contributed by atoms with Crippen molar-refractivity contribution in [3.8, 4) is 0 Å². The summed E-state index contributed by atoms with van der Waals surface area (Å²) in [5, 5.41) is 18.2. The third-order valence-corrected chi connectivity index (χ3v) is 7.81. The van der Waals surface area contributed by atoms with Crippen LogP contribution in [0, 0.1) is 0 Å². The Kier molecular flexibility index (Phi) is 10.2. The van der Waals surface area contributed by atoms with E-state index in [9.17, 15) is 14.4 Å². The summed E-state index contributed by atoms with van der Waals surface area (Å²) in [4.78, 5) is 47.6. The van der Waals surface area contributed by atoms with Crippen molar-refractivity contribution in [3.05, 3.63) is 65.7 Å². The summed E-state index contributed by atoms with van der Waals surface area (Å²) in [5.74, 6) is -0.411. The number of nitrogens with two attached hydrogens (primary N) is 1. The molecule has 47 heavy (non-hydrogen) atoms. The van der Waals surface area contributed by atoms with Crippen molar-refractivity contribution in [2.24, 2.45) is 5.73 Å². The molecule has 1 saturated heterocycles. The minimum Gasteiger partial charge on any atom is -0.379 e. The SMILES string of the molecule is NCOCCOCCOCCn1cc(CNc2ccc3ncnc(Nc4ccc5c(c4)C(=O)N(C4CCC(=O)NC4=O)C5)c3c2)nn1. The number of carbonyl (C=O) groups excluding carboxylic acids is 3. The van der Waals surface area contributed by atoms with Gasteiger partial charge in [-0.15, -0.1) is 5.10 Å². The number of benzene rings is 2. The summed E-state index contributed by atoms with van der Waals surface area (Å²) in [5.41, 5.74) is 9.62. The van der Waals surface area contributed by atoms with Gasteiger partial charge in [-0.3, -0.25) is 19.7 Å². The monoisotopic (exact) mass is 644 g/mol. The van der Waals surface area contributed by atoms with Gasteiger partial charge in [0.2, 0.25) is 11.8 Å². The third kappa shape index (κ3) is 7.86. The molecule has 2 aliphatic rings.